The molecular formula is C20H23N5O2. The van der Waals surface area contributed by atoms with Gasteiger partial charge in [0.25, 0.3) is 11.8 Å². The molecule has 1 aromatic carbocycles. The van der Waals surface area contributed by atoms with Gasteiger partial charge >= 0.3 is 0 Å². The first-order valence-corrected chi connectivity index (χ1v) is 8.91. The molecule has 0 atom stereocenters. The van der Waals surface area contributed by atoms with Gasteiger partial charge in [0.15, 0.2) is 0 Å². The smallest absolute Gasteiger partial charge is 0.261 e. The fourth-order valence-corrected chi connectivity index (χ4v) is 2.96. The summed E-state index contributed by atoms with van der Waals surface area (Å²) < 4.78 is 3.49. The summed E-state index contributed by atoms with van der Waals surface area (Å²) in [5.74, 6) is 0.417. The standard InChI is InChI=1S/C20H23N5O2/c1-4-24(5-2)20(27)15-8-10-16(11-9-15)22-18(26)17-14-21-23(3)19(17)25-12-6-7-13-25/h6-14H,4-5H2,1-3H3,(H,22,26). The maximum atomic E-state index is 12.7. The van der Waals surface area contributed by atoms with E-state index in [-0.39, 0.29) is 11.8 Å². The SMILES string of the molecule is CCN(CC)C(=O)c1ccc(NC(=O)c2cnn(C)c2-n2cccc2)cc1. The van der Waals surface area contributed by atoms with E-state index in [0.717, 1.165) is 0 Å². The summed E-state index contributed by atoms with van der Waals surface area (Å²) in [5, 5.41) is 7.06. The van der Waals surface area contributed by atoms with Gasteiger partial charge in [-0.2, -0.15) is 5.10 Å². The number of aryl methyl sites for hydroxylation is 1. The molecule has 0 aliphatic carbocycles. The number of nitrogens with one attached hydrogen (secondary N) is 1. The molecule has 1 N–H and O–H groups in total. The van der Waals surface area contributed by atoms with Crippen LogP contribution in [0.15, 0.2) is 55.0 Å². The highest BCUT2D eigenvalue weighted by Crippen LogP contribution is 2.17. The van der Waals surface area contributed by atoms with E-state index in [1.165, 1.54) is 0 Å². The lowest BCUT2D eigenvalue weighted by Gasteiger charge is -2.18. The molecule has 3 aromatic rings. The van der Waals surface area contributed by atoms with Gasteiger partial charge in [0, 0.05) is 43.8 Å². The van der Waals surface area contributed by atoms with Gasteiger partial charge in [-0.25, -0.2) is 0 Å². The third kappa shape index (κ3) is 3.76. The lowest BCUT2D eigenvalue weighted by molar-refractivity contribution is 0.0773. The fourth-order valence-electron chi connectivity index (χ4n) is 2.96. The molecule has 0 fully saturated rings. The van der Waals surface area contributed by atoms with Gasteiger partial charge < -0.3 is 14.8 Å². The summed E-state index contributed by atoms with van der Waals surface area (Å²) in [7, 11) is 1.79. The minimum absolute atomic E-state index is 0.0139. The van der Waals surface area contributed by atoms with Crippen molar-refractivity contribution in [3.8, 4) is 5.82 Å². The fraction of sp³-hybridized carbons (Fsp3) is 0.250. The van der Waals surface area contributed by atoms with Crippen molar-refractivity contribution in [2.75, 3.05) is 18.4 Å². The molecule has 0 spiro atoms. The van der Waals surface area contributed by atoms with Gasteiger partial charge in [-0.3, -0.25) is 14.3 Å². The highest BCUT2D eigenvalue weighted by atomic mass is 16.2. The lowest BCUT2D eigenvalue weighted by Crippen LogP contribution is -2.30. The molecule has 7 nitrogen and oxygen atoms in total. The average molecular weight is 365 g/mol. The van der Waals surface area contributed by atoms with Gasteiger partial charge in [0.05, 0.1) is 6.20 Å². The van der Waals surface area contributed by atoms with E-state index in [4.69, 9.17) is 0 Å². The Hall–Kier alpha value is -3.35. The first-order valence-electron chi connectivity index (χ1n) is 8.91. The normalized spacial score (nSPS) is 10.6. The lowest BCUT2D eigenvalue weighted by atomic mass is 10.1. The van der Waals surface area contributed by atoms with Gasteiger partial charge in [-0.15, -0.1) is 0 Å². The van der Waals surface area contributed by atoms with Crippen LogP contribution >= 0.6 is 0 Å². The van der Waals surface area contributed by atoms with Crippen molar-refractivity contribution in [1.82, 2.24) is 19.2 Å². The summed E-state index contributed by atoms with van der Waals surface area (Å²) in [4.78, 5) is 26.8. The summed E-state index contributed by atoms with van der Waals surface area (Å²) in [6.07, 6.45) is 5.27. The Balaban J connectivity index is 1.77. The number of hydrogen-bond acceptors (Lipinski definition) is 3. The van der Waals surface area contributed by atoms with Gasteiger partial charge in [0.2, 0.25) is 0 Å². The number of amides is 2. The largest absolute Gasteiger partial charge is 0.339 e. The number of anilines is 1. The zero-order chi connectivity index (χ0) is 19.4. The van der Waals surface area contributed by atoms with E-state index in [1.807, 2.05) is 42.9 Å². The van der Waals surface area contributed by atoms with Crippen molar-refractivity contribution in [3.63, 3.8) is 0 Å². The number of carbonyl (C=O) groups is 2. The predicted octanol–water partition coefficient (Wildman–Crippen LogP) is 2.95. The van der Waals surface area contributed by atoms with Gasteiger partial charge in [-0.1, -0.05) is 0 Å². The van der Waals surface area contributed by atoms with E-state index >= 15 is 0 Å². The summed E-state index contributed by atoms with van der Waals surface area (Å²) >= 11 is 0. The second-order valence-corrected chi connectivity index (χ2v) is 6.10. The molecule has 2 heterocycles. The van der Waals surface area contributed by atoms with Crippen LogP contribution in [0.2, 0.25) is 0 Å². The summed E-state index contributed by atoms with van der Waals surface area (Å²) in [5.41, 5.74) is 1.70. The molecule has 0 aliphatic rings. The van der Waals surface area contributed by atoms with Crippen LogP contribution in [0, 0.1) is 0 Å². The number of rotatable bonds is 6. The van der Waals surface area contributed by atoms with E-state index in [0.29, 0.717) is 35.7 Å². The molecule has 2 aromatic heterocycles. The van der Waals surface area contributed by atoms with Gasteiger partial charge in [-0.05, 0) is 50.2 Å². The summed E-state index contributed by atoms with van der Waals surface area (Å²) in [6, 6.07) is 10.7. The Morgan fingerprint density at radius 1 is 1.07 bits per heavy atom. The number of benzene rings is 1. The van der Waals surface area contributed by atoms with E-state index in [1.54, 1.807) is 47.1 Å². The highest BCUT2D eigenvalue weighted by molar-refractivity contribution is 6.06. The predicted molar refractivity (Wildman–Crippen MR) is 104 cm³/mol. The van der Waals surface area contributed by atoms with Crippen molar-refractivity contribution >= 4 is 17.5 Å². The Kier molecular flexibility index (Phi) is 5.40. The summed E-state index contributed by atoms with van der Waals surface area (Å²) in [6.45, 7) is 5.23. The zero-order valence-electron chi connectivity index (χ0n) is 15.7. The number of hydrogen-bond donors (Lipinski definition) is 1. The van der Waals surface area contributed by atoms with Crippen LogP contribution in [0.25, 0.3) is 5.82 Å². The molecule has 2 amide bonds. The average Bonchev–Trinajstić information content (AvgIpc) is 3.32. The monoisotopic (exact) mass is 365 g/mol. The number of nitrogens with zero attached hydrogens (tertiary/aromatic N) is 4. The minimum atomic E-state index is -0.255. The first kappa shape index (κ1) is 18.4. The molecule has 7 heteroatoms. The quantitative estimate of drug-likeness (QED) is 0.730. The van der Waals surface area contributed by atoms with Crippen molar-refractivity contribution in [3.05, 3.63) is 66.1 Å². The Labute approximate surface area is 158 Å². The van der Waals surface area contributed by atoms with Crippen LogP contribution in [0.4, 0.5) is 5.69 Å². The van der Waals surface area contributed by atoms with Crippen LogP contribution in [0.5, 0.6) is 0 Å². The second-order valence-electron chi connectivity index (χ2n) is 6.10. The maximum absolute atomic E-state index is 12.7. The van der Waals surface area contributed by atoms with E-state index in [2.05, 4.69) is 10.4 Å². The third-order valence-electron chi connectivity index (χ3n) is 4.44. The molecule has 3 rings (SSSR count). The van der Waals surface area contributed by atoms with E-state index in [9.17, 15) is 9.59 Å². The molecule has 0 radical (unpaired) electrons. The molecule has 27 heavy (non-hydrogen) atoms. The minimum Gasteiger partial charge on any atom is -0.339 e. The van der Waals surface area contributed by atoms with Crippen molar-refractivity contribution in [2.45, 2.75) is 13.8 Å². The van der Waals surface area contributed by atoms with Crippen LogP contribution < -0.4 is 5.32 Å². The molecular weight excluding hydrogens is 342 g/mol. The second kappa shape index (κ2) is 7.90. The number of aromatic nitrogens is 3. The van der Waals surface area contributed by atoms with Crippen molar-refractivity contribution < 1.29 is 9.59 Å². The molecule has 0 bridgehead atoms. The third-order valence-corrected chi connectivity index (χ3v) is 4.44. The number of carbonyl (C=O) groups excluding carboxylic acids is 2. The van der Waals surface area contributed by atoms with Crippen LogP contribution in [0.3, 0.4) is 0 Å². The molecule has 0 aliphatic heterocycles. The zero-order valence-corrected chi connectivity index (χ0v) is 15.7. The van der Waals surface area contributed by atoms with Crippen LogP contribution in [-0.4, -0.2) is 44.2 Å². The van der Waals surface area contributed by atoms with Crippen molar-refractivity contribution in [1.29, 1.82) is 0 Å². The Morgan fingerprint density at radius 3 is 2.30 bits per heavy atom. The maximum Gasteiger partial charge on any atom is 0.261 e. The van der Waals surface area contributed by atoms with Crippen LogP contribution in [-0.2, 0) is 7.05 Å². The van der Waals surface area contributed by atoms with Crippen LogP contribution in [0.1, 0.15) is 34.6 Å². The Morgan fingerprint density at radius 2 is 1.70 bits per heavy atom. The topological polar surface area (TPSA) is 72.2 Å². The molecule has 0 saturated carbocycles. The molecule has 0 saturated heterocycles. The van der Waals surface area contributed by atoms with Crippen molar-refractivity contribution in [2.24, 2.45) is 7.05 Å². The Bertz CT molecular complexity index is 922. The van der Waals surface area contributed by atoms with E-state index < -0.39 is 0 Å². The highest BCUT2D eigenvalue weighted by Gasteiger charge is 2.18. The molecule has 0 unspecified atom stereocenters. The van der Waals surface area contributed by atoms with Gasteiger partial charge in [0.1, 0.15) is 11.4 Å². The first-order chi connectivity index (χ1) is 13.0. The molecule has 140 valence electrons.